The lowest BCUT2D eigenvalue weighted by molar-refractivity contribution is -0.138. The van der Waals surface area contributed by atoms with Gasteiger partial charge < -0.3 is 30.6 Å². The SMILES string of the molecule is CC(CO)C(C=CC(=O)O)(CO)CO.O=C(O)CCCCCCCCC(=O)O. The van der Waals surface area contributed by atoms with E-state index in [-0.39, 0.29) is 19.4 Å². The molecule has 0 amide bonds. The van der Waals surface area contributed by atoms with Crippen LogP contribution in [0.3, 0.4) is 0 Å². The van der Waals surface area contributed by atoms with Crippen LogP contribution in [0.15, 0.2) is 12.2 Å². The summed E-state index contributed by atoms with van der Waals surface area (Å²) >= 11 is 0. The molecule has 28 heavy (non-hydrogen) atoms. The van der Waals surface area contributed by atoms with E-state index < -0.39 is 42.5 Å². The molecule has 0 saturated heterocycles. The van der Waals surface area contributed by atoms with Crippen LogP contribution in [-0.2, 0) is 14.4 Å². The molecule has 0 aliphatic carbocycles. The van der Waals surface area contributed by atoms with Crippen LogP contribution >= 0.6 is 0 Å². The lowest BCUT2D eigenvalue weighted by Gasteiger charge is -2.31. The van der Waals surface area contributed by atoms with Crippen LogP contribution in [-0.4, -0.2) is 68.4 Å². The summed E-state index contributed by atoms with van der Waals surface area (Å²) in [5.74, 6) is -3.04. The average Bonchev–Trinajstić information content (AvgIpc) is 2.64. The van der Waals surface area contributed by atoms with E-state index in [1.807, 2.05) is 0 Å². The molecule has 0 radical (unpaired) electrons. The first kappa shape index (κ1) is 28.2. The van der Waals surface area contributed by atoms with Crippen molar-refractivity contribution in [1.29, 1.82) is 0 Å². The standard InChI is InChI=1S/C10H18O4.C9H16O5/c11-9(12)7-5-3-1-2-4-6-8-10(13)14;1-7(4-10)9(5-11,6-12)3-2-8(13)14/h1-8H2,(H,11,12)(H,13,14);2-3,7,10-12H,4-6H2,1H3,(H,13,14). The number of aliphatic hydroxyl groups excluding tert-OH is 3. The van der Waals surface area contributed by atoms with Crippen LogP contribution in [0.1, 0.15) is 58.3 Å². The smallest absolute Gasteiger partial charge is 0.328 e. The summed E-state index contributed by atoms with van der Waals surface area (Å²) in [4.78, 5) is 30.6. The number of hydrogen-bond acceptors (Lipinski definition) is 6. The summed E-state index contributed by atoms with van der Waals surface area (Å²) in [6.07, 6.45) is 7.90. The lowest BCUT2D eigenvalue weighted by Crippen LogP contribution is -2.36. The number of carbonyl (C=O) groups is 3. The highest BCUT2D eigenvalue weighted by molar-refractivity contribution is 5.79. The highest BCUT2D eigenvalue weighted by atomic mass is 16.4. The summed E-state index contributed by atoms with van der Waals surface area (Å²) in [5.41, 5.74) is -1.08. The van der Waals surface area contributed by atoms with Gasteiger partial charge in [-0.05, 0) is 18.8 Å². The van der Waals surface area contributed by atoms with E-state index >= 15 is 0 Å². The van der Waals surface area contributed by atoms with Crippen molar-refractivity contribution in [1.82, 2.24) is 0 Å². The third-order valence-electron chi connectivity index (χ3n) is 4.43. The Bertz CT molecular complexity index is 450. The molecule has 9 heteroatoms. The highest BCUT2D eigenvalue weighted by Gasteiger charge is 2.32. The van der Waals surface area contributed by atoms with Crippen molar-refractivity contribution < 1.29 is 45.0 Å². The van der Waals surface area contributed by atoms with Gasteiger partial charge in [0.2, 0.25) is 0 Å². The Kier molecular flexibility index (Phi) is 17.3. The van der Waals surface area contributed by atoms with Gasteiger partial charge in [0.05, 0.1) is 13.2 Å². The Hall–Kier alpha value is -1.97. The largest absolute Gasteiger partial charge is 0.481 e. The van der Waals surface area contributed by atoms with E-state index in [0.717, 1.165) is 44.6 Å². The van der Waals surface area contributed by atoms with Crippen molar-refractivity contribution in [3.63, 3.8) is 0 Å². The quantitative estimate of drug-likeness (QED) is 0.174. The number of unbranched alkanes of at least 4 members (excludes halogenated alkanes) is 5. The third kappa shape index (κ3) is 15.1. The summed E-state index contributed by atoms with van der Waals surface area (Å²) in [6.45, 7) is 0.577. The van der Waals surface area contributed by atoms with Gasteiger partial charge in [-0.15, -0.1) is 0 Å². The second-order valence-electron chi connectivity index (χ2n) is 6.71. The van der Waals surface area contributed by atoms with Gasteiger partial charge >= 0.3 is 17.9 Å². The first-order valence-corrected chi connectivity index (χ1v) is 9.33. The van der Waals surface area contributed by atoms with E-state index in [4.69, 9.17) is 30.6 Å². The van der Waals surface area contributed by atoms with Crippen LogP contribution in [0.25, 0.3) is 0 Å². The van der Waals surface area contributed by atoms with E-state index in [0.29, 0.717) is 0 Å². The molecule has 1 atom stereocenters. The highest BCUT2D eigenvalue weighted by Crippen LogP contribution is 2.28. The predicted octanol–water partition coefficient (Wildman–Crippen LogP) is 1.50. The maximum atomic E-state index is 10.3. The molecular weight excluding hydrogens is 372 g/mol. The summed E-state index contributed by atoms with van der Waals surface area (Å²) in [6, 6.07) is 0. The van der Waals surface area contributed by atoms with E-state index in [1.165, 1.54) is 6.08 Å². The van der Waals surface area contributed by atoms with Crippen LogP contribution in [0, 0.1) is 11.3 Å². The van der Waals surface area contributed by atoms with Crippen molar-refractivity contribution in [2.45, 2.75) is 58.3 Å². The Labute approximate surface area is 165 Å². The Morgan fingerprint density at radius 2 is 1.18 bits per heavy atom. The molecule has 9 nitrogen and oxygen atoms in total. The van der Waals surface area contributed by atoms with Crippen LogP contribution in [0.4, 0.5) is 0 Å². The molecule has 0 aromatic heterocycles. The van der Waals surface area contributed by atoms with Gasteiger partial charge in [0, 0.05) is 30.9 Å². The van der Waals surface area contributed by atoms with Crippen molar-refractivity contribution in [2.24, 2.45) is 11.3 Å². The molecule has 0 aliphatic rings. The van der Waals surface area contributed by atoms with Gasteiger partial charge in [-0.1, -0.05) is 38.7 Å². The zero-order chi connectivity index (χ0) is 22.0. The number of carboxylic acids is 3. The van der Waals surface area contributed by atoms with Crippen LogP contribution in [0.5, 0.6) is 0 Å². The molecule has 0 saturated carbocycles. The molecule has 164 valence electrons. The number of carboxylic acid groups (broad SMARTS) is 3. The maximum absolute atomic E-state index is 10.3. The lowest BCUT2D eigenvalue weighted by atomic mass is 9.77. The predicted molar refractivity (Wildman–Crippen MR) is 102 cm³/mol. The van der Waals surface area contributed by atoms with Crippen molar-refractivity contribution in [2.75, 3.05) is 19.8 Å². The Morgan fingerprint density at radius 1 is 0.786 bits per heavy atom. The molecule has 0 bridgehead atoms. The number of hydrogen-bond donors (Lipinski definition) is 6. The van der Waals surface area contributed by atoms with Crippen LogP contribution in [0.2, 0.25) is 0 Å². The molecule has 0 aromatic carbocycles. The minimum absolute atomic E-state index is 0.231. The van der Waals surface area contributed by atoms with Gasteiger partial charge in [-0.3, -0.25) is 9.59 Å². The molecule has 0 rings (SSSR count). The Morgan fingerprint density at radius 3 is 1.46 bits per heavy atom. The Balaban J connectivity index is 0. The maximum Gasteiger partial charge on any atom is 0.328 e. The molecule has 1 unspecified atom stereocenters. The van der Waals surface area contributed by atoms with E-state index in [1.54, 1.807) is 6.92 Å². The minimum Gasteiger partial charge on any atom is -0.481 e. The van der Waals surface area contributed by atoms with Gasteiger partial charge in [0.25, 0.3) is 0 Å². The van der Waals surface area contributed by atoms with Gasteiger partial charge in [0.1, 0.15) is 0 Å². The second-order valence-corrected chi connectivity index (χ2v) is 6.71. The van der Waals surface area contributed by atoms with Crippen molar-refractivity contribution in [3.8, 4) is 0 Å². The average molecular weight is 406 g/mol. The zero-order valence-corrected chi connectivity index (χ0v) is 16.4. The first-order chi connectivity index (χ1) is 13.1. The number of rotatable bonds is 15. The summed E-state index contributed by atoms with van der Waals surface area (Å²) < 4.78 is 0. The van der Waals surface area contributed by atoms with Crippen molar-refractivity contribution >= 4 is 17.9 Å². The van der Waals surface area contributed by atoms with Gasteiger partial charge in [-0.25, -0.2) is 4.79 Å². The normalized spacial score (nSPS) is 12.3. The minimum atomic E-state index is -1.15. The van der Waals surface area contributed by atoms with Crippen LogP contribution < -0.4 is 0 Å². The number of aliphatic hydroxyl groups is 3. The van der Waals surface area contributed by atoms with E-state index in [9.17, 15) is 14.4 Å². The fourth-order valence-electron chi connectivity index (χ4n) is 2.31. The van der Waals surface area contributed by atoms with Crippen molar-refractivity contribution in [3.05, 3.63) is 12.2 Å². The molecule has 0 heterocycles. The topological polar surface area (TPSA) is 173 Å². The fourth-order valence-corrected chi connectivity index (χ4v) is 2.31. The zero-order valence-electron chi connectivity index (χ0n) is 16.4. The monoisotopic (exact) mass is 406 g/mol. The summed E-state index contributed by atoms with van der Waals surface area (Å²) in [5, 5.41) is 52.2. The molecule has 0 aliphatic heterocycles. The fraction of sp³-hybridized carbons (Fsp3) is 0.737. The van der Waals surface area contributed by atoms with Gasteiger partial charge in [-0.2, -0.15) is 0 Å². The molecule has 0 aromatic rings. The van der Waals surface area contributed by atoms with Gasteiger partial charge in [0.15, 0.2) is 0 Å². The second kappa shape index (κ2) is 17.2. The molecule has 0 spiro atoms. The first-order valence-electron chi connectivity index (χ1n) is 9.33. The number of aliphatic carboxylic acids is 3. The third-order valence-corrected chi connectivity index (χ3v) is 4.43. The molecular formula is C19H34O9. The molecule has 6 N–H and O–H groups in total. The summed E-state index contributed by atoms with van der Waals surface area (Å²) in [7, 11) is 0. The molecule has 0 fully saturated rings. The van der Waals surface area contributed by atoms with E-state index in [2.05, 4.69) is 0 Å².